The van der Waals surface area contributed by atoms with Gasteiger partial charge < -0.3 is 135 Å². The molecule has 14 N–H and O–H groups in total. The Morgan fingerprint density at radius 2 is 1.15 bits per heavy atom. The van der Waals surface area contributed by atoms with Crippen molar-refractivity contribution in [2.24, 2.45) is 0 Å². The molecule has 6 amide bonds. The van der Waals surface area contributed by atoms with Gasteiger partial charge >= 0.3 is 94.7 Å². The number of thioether (sulfide) groups is 1. The summed E-state index contributed by atoms with van der Waals surface area (Å²) in [5.74, 6) is -5.77. The molecule has 6 fully saturated rings. The standard InChI is InChI=1S/C46H74N6O29S2.3Na/c1-17(54)49-26-35(29(59)21(15-74-83(70,71)72)76-42(26)73-13-12-48-24(57)9-4-3-7-11-47-23(56)10-6-5-8-22-25-19(16-82-22)51-46(69)52-25)77-45-34(64)32(62)37(39(81-45)41(67)68)79-43-27(50-18(2)55)36(28(58)20(14-53)75-43)78-44-33(63)30(60)31(61)38(80-44)40(65)66;;;/h19-22,25-39,42-45,53,58-64H,3-16H2,1-2H3,(H,47,56)(H,48,57)(H,49,54)(H,50,55)(H,65,66)(H,67,68)(H2,51,52,69)(H,70,71,72);;;/q;3*+1/p-3/t19-,20+,21+,22-,25-,26+,27+,28-,29-,30-,31-,32+,33+,34+,35+,36+,37-,38-,39-,42+,43-,44+,45+;;;/m0.../s1. The summed E-state index contributed by atoms with van der Waals surface area (Å²) in [6.45, 7) is -0.670. The van der Waals surface area contributed by atoms with Crippen LogP contribution in [0, 0.1) is 0 Å². The molecule has 6 heterocycles. The summed E-state index contributed by atoms with van der Waals surface area (Å²) in [4.78, 5) is 86.3. The minimum atomic E-state index is -5.48. The first-order chi connectivity index (χ1) is 39.2. The van der Waals surface area contributed by atoms with Crippen molar-refractivity contribution in [3.63, 3.8) is 0 Å². The number of fused-ring (bicyclic) bond motifs is 1. The van der Waals surface area contributed by atoms with E-state index in [2.05, 4.69) is 36.1 Å². The second-order valence-corrected chi connectivity index (χ2v) is 22.7. The number of amides is 6. The molecule has 0 aromatic heterocycles. The van der Waals surface area contributed by atoms with Crippen molar-refractivity contribution in [3.8, 4) is 0 Å². The maximum atomic E-state index is 12.8. The van der Waals surface area contributed by atoms with Gasteiger partial charge in [-0.3, -0.25) is 23.4 Å². The SMILES string of the molecule is CC(=O)N[C@H]1[C@H](O[C@H]2[C@H](O)[C@@H](O)[C@H](O[C@H]3[C@@H](O)[C@@H](COS(=O)(=O)[O-])O[C@@H](OCCNC(=O)CCCCCNC(=O)CCCC[C@@H]4SC[C@@H]5NC(=O)N[C@@H]54)[C@@H]3NC(C)=O)O[C@@H]2C(=O)[O-])O[C@H](CO)[C@H](O)[C@@H]1O[C@@H]1O[C@H](C(=O)[O-])[C@@H](O)[C@H](O)[C@H]1O.[Na+].[Na+].[Na+]. The van der Waals surface area contributed by atoms with Gasteiger partial charge in [-0.05, 0) is 25.7 Å². The van der Waals surface area contributed by atoms with Gasteiger partial charge in [0.05, 0.1) is 43.8 Å². The largest absolute Gasteiger partial charge is 1.00 e. The van der Waals surface area contributed by atoms with Crippen LogP contribution in [0.1, 0.15) is 65.2 Å². The zero-order valence-corrected chi connectivity index (χ0v) is 55.3. The molecule has 0 aromatic carbocycles. The van der Waals surface area contributed by atoms with Crippen LogP contribution in [-0.2, 0) is 81.2 Å². The molecule has 0 saturated carbocycles. The third kappa shape index (κ3) is 21.9. The number of aliphatic carboxylic acids is 2. The van der Waals surface area contributed by atoms with Crippen molar-refractivity contribution in [2.75, 3.05) is 38.7 Å². The molecule has 0 radical (unpaired) electrons. The predicted octanol–water partition coefficient (Wildman–Crippen LogP) is -19.9. The molecule has 0 aromatic rings. The van der Waals surface area contributed by atoms with Gasteiger partial charge in [0.15, 0.2) is 25.2 Å². The number of carboxylic acid groups (broad SMARTS) is 2. The number of carbonyl (C=O) groups excluding carboxylic acids is 7. The van der Waals surface area contributed by atoms with Crippen LogP contribution < -0.4 is 131 Å². The van der Waals surface area contributed by atoms with Gasteiger partial charge in [-0.2, -0.15) is 11.8 Å². The smallest absolute Gasteiger partial charge is 0.726 e. The van der Waals surface area contributed by atoms with Gasteiger partial charge in [0, 0.05) is 50.8 Å². The molecule has 0 spiro atoms. The minimum Gasteiger partial charge on any atom is -0.726 e. The Labute approximate surface area is 563 Å². The van der Waals surface area contributed by atoms with Gasteiger partial charge in [-0.15, -0.1) is 0 Å². The van der Waals surface area contributed by atoms with Crippen LogP contribution >= 0.6 is 11.8 Å². The van der Waals surface area contributed by atoms with E-state index in [9.17, 15) is 97.6 Å². The average molecular weight is 1310 g/mol. The van der Waals surface area contributed by atoms with E-state index in [4.69, 9.17) is 37.9 Å². The Balaban J connectivity index is 0.00000645. The van der Waals surface area contributed by atoms with E-state index < -0.39 is 183 Å². The van der Waals surface area contributed by atoms with E-state index in [0.29, 0.717) is 43.9 Å². The molecule has 0 bridgehead atoms. The van der Waals surface area contributed by atoms with E-state index in [1.165, 1.54) is 0 Å². The summed E-state index contributed by atoms with van der Waals surface area (Å²) in [6.07, 6.45) is -35.3. The molecule has 35 nitrogen and oxygen atoms in total. The molecular weight excluding hydrogens is 1230 g/mol. The maximum absolute atomic E-state index is 12.8. The Kier molecular flexibility index (Phi) is 33.8. The first-order valence-electron chi connectivity index (χ1n) is 26.5. The third-order valence-electron chi connectivity index (χ3n) is 14.3. The summed E-state index contributed by atoms with van der Waals surface area (Å²) < 4.78 is 83.6. The number of aliphatic hydroxyl groups excluding tert-OH is 8. The summed E-state index contributed by atoms with van der Waals surface area (Å²) in [5, 5.41) is 128. The van der Waals surface area contributed by atoms with E-state index >= 15 is 0 Å². The molecule has 474 valence electrons. The topological polar surface area (TPSA) is 540 Å². The van der Waals surface area contributed by atoms with Crippen LogP contribution in [0.25, 0.3) is 0 Å². The third-order valence-corrected chi connectivity index (χ3v) is 16.2. The van der Waals surface area contributed by atoms with Crippen molar-refractivity contribution < 1.29 is 228 Å². The van der Waals surface area contributed by atoms with Crippen LogP contribution in [0.3, 0.4) is 0 Å². The zero-order chi connectivity index (χ0) is 61.0. The van der Waals surface area contributed by atoms with E-state index in [1.54, 1.807) is 11.8 Å². The number of hydrogen-bond acceptors (Lipinski definition) is 30. The number of nitrogens with one attached hydrogen (secondary N) is 6. The predicted molar refractivity (Wildman–Crippen MR) is 264 cm³/mol. The van der Waals surface area contributed by atoms with Gasteiger partial charge in [0.25, 0.3) is 0 Å². The number of rotatable bonds is 29. The molecule has 6 saturated heterocycles. The number of carbonyl (C=O) groups is 7. The van der Waals surface area contributed by atoms with E-state index in [-0.39, 0.29) is 126 Å². The Morgan fingerprint density at radius 1 is 0.628 bits per heavy atom. The fourth-order valence-corrected chi connectivity index (χ4v) is 12.0. The normalized spacial score (nSPS) is 36.7. The summed E-state index contributed by atoms with van der Waals surface area (Å²) in [7, 11) is -5.48. The van der Waals surface area contributed by atoms with Crippen molar-refractivity contribution in [3.05, 3.63) is 0 Å². The van der Waals surface area contributed by atoms with Crippen LogP contribution in [0.2, 0.25) is 0 Å². The number of hydrogen-bond donors (Lipinski definition) is 14. The zero-order valence-electron chi connectivity index (χ0n) is 47.6. The molecule has 0 unspecified atom stereocenters. The number of carboxylic acids is 2. The van der Waals surface area contributed by atoms with Crippen molar-refractivity contribution in [2.45, 2.75) is 205 Å². The van der Waals surface area contributed by atoms with Gasteiger partial charge in [0.1, 0.15) is 97.5 Å². The van der Waals surface area contributed by atoms with E-state index in [1.807, 2.05) is 0 Å². The fraction of sp³-hybridized carbons (Fsp3) is 0.848. The maximum Gasteiger partial charge on any atom is 1.00 e. The number of aliphatic hydroxyl groups is 8. The molecule has 40 heteroatoms. The molecule has 6 aliphatic rings. The average Bonchev–Trinajstić information content (AvgIpc) is 1.20. The molecule has 6 rings (SSSR count). The molecule has 6 aliphatic heterocycles. The Hall–Kier alpha value is -1.33. The number of ether oxygens (including phenoxy) is 8. The minimum absolute atomic E-state index is 0. The van der Waals surface area contributed by atoms with Crippen LogP contribution in [0.4, 0.5) is 4.79 Å². The van der Waals surface area contributed by atoms with Crippen LogP contribution in [0.15, 0.2) is 0 Å². The second kappa shape index (κ2) is 36.8. The van der Waals surface area contributed by atoms with Crippen molar-refractivity contribution in [1.82, 2.24) is 31.9 Å². The molecule has 0 aliphatic carbocycles. The number of urea groups is 1. The fourth-order valence-electron chi connectivity index (χ4n) is 10.2. The van der Waals surface area contributed by atoms with Crippen molar-refractivity contribution in [1.29, 1.82) is 0 Å². The Bertz CT molecular complexity index is 2350. The van der Waals surface area contributed by atoms with E-state index in [0.717, 1.165) is 32.4 Å². The first-order valence-corrected chi connectivity index (χ1v) is 28.9. The summed E-state index contributed by atoms with van der Waals surface area (Å²) >= 11 is 1.81. The quantitative estimate of drug-likeness (QED) is 0.0109. The molecular formula is C46H71N6Na3O29S2. The summed E-state index contributed by atoms with van der Waals surface area (Å²) in [5.41, 5.74) is 0. The van der Waals surface area contributed by atoms with Gasteiger partial charge in [-0.1, -0.05) is 12.8 Å². The Morgan fingerprint density at radius 3 is 1.72 bits per heavy atom. The number of unbranched alkanes of at least 4 members (excludes halogenated alkanes) is 3. The first kappa shape index (κ1) is 78.9. The summed E-state index contributed by atoms with van der Waals surface area (Å²) in [6, 6.07) is -3.57. The van der Waals surface area contributed by atoms with Crippen molar-refractivity contribution >= 4 is 63.8 Å². The van der Waals surface area contributed by atoms with Crippen LogP contribution in [0.5, 0.6) is 0 Å². The molecule has 23 atom stereocenters. The monoisotopic (exact) mass is 1300 g/mol. The molecule has 86 heavy (non-hydrogen) atoms. The van der Waals surface area contributed by atoms with Gasteiger partial charge in [0.2, 0.25) is 34.0 Å². The second-order valence-electron chi connectivity index (χ2n) is 20.4. The van der Waals surface area contributed by atoms with Gasteiger partial charge in [-0.25, -0.2) is 13.2 Å². The van der Waals surface area contributed by atoms with Crippen LogP contribution in [-0.4, -0.2) is 274 Å².